The minimum atomic E-state index is 0.170. The highest BCUT2D eigenvalue weighted by Gasteiger charge is 2.04. The number of thiocarbonyl (C=S) groups is 1. The molecule has 4 N–H and O–H groups in total. The van der Waals surface area contributed by atoms with Gasteiger partial charge < -0.3 is 5.73 Å². The van der Waals surface area contributed by atoms with Crippen molar-refractivity contribution < 1.29 is 0 Å². The van der Waals surface area contributed by atoms with E-state index in [1.807, 2.05) is 32.0 Å². The molecule has 0 spiro atoms. The molecule has 0 atom stereocenters. The Morgan fingerprint density at radius 3 is 2.38 bits per heavy atom. The highest BCUT2D eigenvalue weighted by Crippen LogP contribution is 2.16. The van der Waals surface area contributed by atoms with Crippen molar-refractivity contribution in [1.29, 1.82) is 0 Å². The maximum atomic E-state index is 5.62. The summed E-state index contributed by atoms with van der Waals surface area (Å²) in [5.74, 6) is 5.62. The lowest BCUT2D eigenvalue weighted by molar-refractivity contribution is 1.13. The number of rotatable bonds is 1. The standard InChI is InChI=1S/C9H13N3S/c1-6-3-4-8(5-7(6)2)12(11)9(10)13/h3-5H,11H2,1-2H3,(H2,10,13). The SMILES string of the molecule is Cc1ccc(N(N)C(N)=S)cc1C. The monoisotopic (exact) mass is 195 g/mol. The molecule has 0 radical (unpaired) electrons. The van der Waals surface area contributed by atoms with E-state index in [9.17, 15) is 0 Å². The van der Waals surface area contributed by atoms with Crippen LogP contribution < -0.4 is 16.6 Å². The Kier molecular flexibility index (Phi) is 2.85. The van der Waals surface area contributed by atoms with E-state index < -0.39 is 0 Å². The first-order valence-corrected chi connectivity index (χ1v) is 4.34. The number of anilines is 1. The van der Waals surface area contributed by atoms with E-state index in [0.717, 1.165) is 5.69 Å². The van der Waals surface area contributed by atoms with Crippen molar-refractivity contribution in [2.75, 3.05) is 5.01 Å². The number of aryl methyl sites for hydroxylation is 2. The number of hydrogen-bond acceptors (Lipinski definition) is 2. The molecule has 0 aliphatic heterocycles. The first-order valence-electron chi connectivity index (χ1n) is 3.94. The van der Waals surface area contributed by atoms with Crippen LogP contribution in [0.1, 0.15) is 11.1 Å². The Balaban J connectivity index is 3.03. The molecule has 0 aliphatic carbocycles. The smallest absolute Gasteiger partial charge is 0.185 e. The first-order chi connectivity index (χ1) is 6.02. The third kappa shape index (κ3) is 2.17. The van der Waals surface area contributed by atoms with E-state index in [-0.39, 0.29) is 5.11 Å². The molecule has 0 aliphatic rings. The van der Waals surface area contributed by atoms with Gasteiger partial charge in [0.15, 0.2) is 5.11 Å². The molecule has 13 heavy (non-hydrogen) atoms. The first kappa shape index (κ1) is 9.95. The third-order valence-corrected chi connectivity index (χ3v) is 2.20. The largest absolute Gasteiger partial charge is 0.375 e. The van der Waals surface area contributed by atoms with Gasteiger partial charge in [-0.3, -0.25) is 5.01 Å². The van der Waals surface area contributed by atoms with Gasteiger partial charge in [0.2, 0.25) is 0 Å². The van der Waals surface area contributed by atoms with Crippen molar-refractivity contribution in [2.24, 2.45) is 11.6 Å². The van der Waals surface area contributed by atoms with Crippen LogP contribution in [0.15, 0.2) is 18.2 Å². The van der Waals surface area contributed by atoms with Crippen LogP contribution in [-0.4, -0.2) is 5.11 Å². The fourth-order valence-electron chi connectivity index (χ4n) is 1.00. The van der Waals surface area contributed by atoms with Crippen LogP contribution in [0.25, 0.3) is 0 Å². The molecule has 0 amide bonds. The topological polar surface area (TPSA) is 55.3 Å². The van der Waals surface area contributed by atoms with Gasteiger partial charge in [-0.05, 0) is 49.3 Å². The summed E-state index contributed by atoms with van der Waals surface area (Å²) >= 11 is 4.76. The predicted molar refractivity (Wildman–Crippen MR) is 59.4 cm³/mol. The summed E-state index contributed by atoms with van der Waals surface area (Å²) < 4.78 is 0. The molecule has 0 fully saturated rings. The Bertz CT molecular complexity index is 336. The molecule has 0 heterocycles. The van der Waals surface area contributed by atoms with Crippen molar-refractivity contribution in [3.63, 3.8) is 0 Å². The summed E-state index contributed by atoms with van der Waals surface area (Å²) in [4.78, 5) is 0. The van der Waals surface area contributed by atoms with Crippen LogP contribution in [0.5, 0.6) is 0 Å². The van der Waals surface area contributed by atoms with Gasteiger partial charge in [-0.2, -0.15) is 0 Å². The second-order valence-corrected chi connectivity index (χ2v) is 3.40. The Morgan fingerprint density at radius 2 is 1.92 bits per heavy atom. The van der Waals surface area contributed by atoms with Gasteiger partial charge in [0, 0.05) is 0 Å². The number of benzene rings is 1. The van der Waals surface area contributed by atoms with Crippen molar-refractivity contribution in [1.82, 2.24) is 0 Å². The van der Waals surface area contributed by atoms with Gasteiger partial charge in [0.25, 0.3) is 0 Å². The van der Waals surface area contributed by atoms with E-state index in [0.29, 0.717) is 0 Å². The Hall–Kier alpha value is -1.13. The van der Waals surface area contributed by atoms with Gasteiger partial charge in [0.05, 0.1) is 5.69 Å². The van der Waals surface area contributed by atoms with Gasteiger partial charge in [-0.25, -0.2) is 5.84 Å². The fourth-order valence-corrected chi connectivity index (χ4v) is 1.11. The molecule has 1 rings (SSSR count). The van der Waals surface area contributed by atoms with Crippen molar-refractivity contribution >= 4 is 23.0 Å². The van der Waals surface area contributed by atoms with Crippen LogP contribution in [0.4, 0.5) is 5.69 Å². The number of nitrogens with two attached hydrogens (primary N) is 2. The Morgan fingerprint density at radius 1 is 1.31 bits per heavy atom. The predicted octanol–water partition coefficient (Wildman–Crippen LogP) is 1.23. The highest BCUT2D eigenvalue weighted by atomic mass is 32.1. The average Bonchev–Trinajstić information content (AvgIpc) is 2.08. The molecule has 3 nitrogen and oxygen atoms in total. The molecule has 0 bridgehead atoms. The number of hydrazine groups is 1. The lowest BCUT2D eigenvalue weighted by Crippen LogP contribution is -2.41. The highest BCUT2D eigenvalue weighted by molar-refractivity contribution is 7.80. The molecular weight excluding hydrogens is 182 g/mol. The normalized spacial score (nSPS) is 9.77. The maximum Gasteiger partial charge on any atom is 0.185 e. The quantitative estimate of drug-likeness (QED) is 0.402. The zero-order valence-electron chi connectivity index (χ0n) is 7.74. The number of hydrogen-bond donors (Lipinski definition) is 2. The summed E-state index contributed by atoms with van der Waals surface area (Å²) in [5, 5.41) is 1.46. The van der Waals surface area contributed by atoms with Crippen LogP contribution in [-0.2, 0) is 0 Å². The van der Waals surface area contributed by atoms with E-state index >= 15 is 0 Å². The van der Waals surface area contributed by atoms with Gasteiger partial charge >= 0.3 is 0 Å². The zero-order valence-corrected chi connectivity index (χ0v) is 8.56. The van der Waals surface area contributed by atoms with Crippen LogP contribution in [0.3, 0.4) is 0 Å². The lowest BCUT2D eigenvalue weighted by Gasteiger charge is -2.17. The molecule has 1 aromatic carbocycles. The maximum absolute atomic E-state index is 5.62. The molecule has 4 heteroatoms. The van der Waals surface area contributed by atoms with Crippen molar-refractivity contribution in [3.05, 3.63) is 29.3 Å². The molecule has 1 aromatic rings. The third-order valence-electron chi connectivity index (χ3n) is 2.01. The average molecular weight is 195 g/mol. The van der Waals surface area contributed by atoms with E-state index in [1.165, 1.54) is 16.1 Å². The van der Waals surface area contributed by atoms with E-state index in [1.54, 1.807) is 0 Å². The molecule has 0 unspecified atom stereocenters. The summed E-state index contributed by atoms with van der Waals surface area (Å²) in [6.45, 7) is 4.06. The molecule has 0 saturated carbocycles. The fraction of sp³-hybridized carbons (Fsp3) is 0.222. The van der Waals surface area contributed by atoms with Gasteiger partial charge in [-0.15, -0.1) is 0 Å². The Labute approximate surface area is 83.3 Å². The second kappa shape index (κ2) is 3.72. The molecule has 70 valence electrons. The summed E-state index contributed by atoms with van der Waals surface area (Å²) in [7, 11) is 0. The lowest BCUT2D eigenvalue weighted by atomic mass is 10.1. The minimum absolute atomic E-state index is 0.170. The van der Waals surface area contributed by atoms with Crippen LogP contribution >= 0.6 is 12.2 Å². The van der Waals surface area contributed by atoms with Gasteiger partial charge in [0.1, 0.15) is 0 Å². The van der Waals surface area contributed by atoms with Crippen LogP contribution in [0, 0.1) is 13.8 Å². The molecule has 0 saturated heterocycles. The summed E-state index contributed by atoms with van der Waals surface area (Å²) in [5.41, 5.74) is 8.60. The second-order valence-electron chi connectivity index (χ2n) is 2.98. The summed E-state index contributed by atoms with van der Waals surface area (Å²) in [6, 6.07) is 5.83. The molecular formula is C9H13N3S. The van der Waals surface area contributed by atoms with Gasteiger partial charge in [-0.1, -0.05) is 6.07 Å². The molecule has 0 aromatic heterocycles. The number of nitrogens with zero attached hydrogens (tertiary/aromatic N) is 1. The van der Waals surface area contributed by atoms with Crippen LogP contribution in [0.2, 0.25) is 0 Å². The van der Waals surface area contributed by atoms with E-state index in [4.69, 9.17) is 23.8 Å². The minimum Gasteiger partial charge on any atom is -0.375 e. The van der Waals surface area contributed by atoms with Crippen molar-refractivity contribution in [3.8, 4) is 0 Å². The van der Waals surface area contributed by atoms with Crippen molar-refractivity contribution in [2.45, 2.75) is 13.8 Å². The zero-order chi connectivity index (χ0) is 10.0. The summed E-state index contributed by atoms with van der Waals surface area (Å²) in [6.07, 6.45) is 0. The van der Waals surface area contributed by atoms with E-state index in [2.05, 4.69) is 0 Å².